The Balaban J connectivity index is 1.68. The lowest BCUT2D eigenvalue weighted by atomic mass is 10.2. The van der Waals surface area contributed by atoms with E-state index in [2.05, 4.69) is 15.6 Å². The molecule has 1 aromatic heterocycles. The summed E-state index contributed by atoms with van der Waals surface area (Å²) in [7, 11) is 0. The number of aryl methyl sites for hydroxylation is 1. The number of anilines is 3. The molecule has 0 fully saturated rings. The van der Waals surface area contributed by atoms with E-state index in [1.165, 1.54) is 12.1 Å². The molecule has 0 unspecified atom stereocenters. The summed E-state index contributed by atoms with van der Waals surface area (Å²) in [5, 5.41) is 6.51. The lowest BCUT2D eigenvalue weighted by Crippen LogP contribution is -2.14. The molecular formula is C19H15ClFN3O. The maximum atomic E-state index is 12.9. The van der Waals surface area contributed by atoms with Crippen LogP contribution in [0.1, 0.15) is 16.1 Å². The van der Waals surface area contributed by atoms with Crippen molar-refractivity contribution in [2.75, 3.05) is 10.6 Å². The van der Waals surface area contributed by atoms with Crippen LogP contribution in [0.25, 0.3) is 0 Å². The first-order valence-corrected chi connectivity index (χ1v) is 7.95. The van der Waals surface area contributed by atoms with Crippen molar-refractivity contribution in [1.82, 2.24) is 4.98 Å². The van der Waals surface area contributed by atoms with Crippen LogP contribution < -0.4 is 10.6 Å². The van der Waals surface area contributed by atoms with Crippen molar-refractivity contribution in [2.24, 2.45) is 0 Å². The molecule has 0 saturated heterocycles. The summed E-state index contributed by atoms with van der Waals surface area (Å²) in [6.45, 7) is 1.87. The molecule has 2 N–H and O–H groups in total. The fourth-order valence-corrected chi connectivity index (χ4v) is 2.48. The fourth-order valence-electron chi connectivity index (χ4n) is 2.26. The Morgan fingerprint density at radius 1 is 1.04 bits per heavy atom. The van der Waals surface area contributed by atoms with Gasteiger partial charge in [-0.15, -0.1) is 0 Å². The molecule has 25 heavy (non-hydrogen) atoms. The van der Waals surface area contributed by atoms with Crippen LogP contribution in [0.2, 0.25) is 5.02 Å². The minimum Gasteiger partial charge on any atom is -0.354 e. The van der Waals surface area contributed by atoms with Gasteiger partial charge in [-0.05, 0) is 67.1 Å². The Bertz CT molecular complexity index is 896. The first kappa shape index (κ1) is 16.9. The lowest BCUT2D eigenvalue weighted by molar-refractivity contribution is 0.102. The molecule has 0 aliphatic carbocycles. The minimum absolute atomic E-state index is 0.291. The highest BCUT2D eigenvalue weighted by Gasteiger charge is 2.09. The lowest BCUT2D eigenvalue weighted by Gasteiger charge is -2.09. The van der Waals surface area contributed by atoms with Crippen molar-refractivity contribution in [2.45, 2.75) is 6.92 Å². The standard InChI is InChI=1S/C19H15ClFN3O/c1-12-10-13(20)2-8-17(12)24-19(25)18-9-7-16(11-22-18)23-15-5-3-14(21)4-6-15/h2-11,23H,1H3,(H,24,25). The van der Waals surface area contributed by atoms with E-state index in [-0.39, 0.29) is 11.7 Å². The van der Waals surface area contributed by atoms with E-state index in [4.69, 9.17) is 11.6 Å². The highest BCUT2D eigenvalue weighted by Crippen LogP contribution is 2.21. The maximum absolute atomic E-state index is 12.9. The van der Waals surface area contributed by atoms with E-state index in [0.29, 0.717) is 22.1 Å². The normalized spacial score (nSPS) is 10.4. The number of benzene rings is 2. The molecule has 0 radical (unpaired) electrons. The molecular weight excluding hydrogens is 341 g/mol. The number of carbonyl (C=O) groups is 1. The van der Waals surface area contributed by atoms with Gasteiger partial charge in [0.15, 0.2) is 0 Å². The maximum Gasteiger partial charge on any atom is 0.274 e. The second kappa shape index (κ2) is 7.32. The van der Waals surface area contributed by atoms with Crippen LogP contribution in [-0.2, 0) is 0 Å². The van der Waals surface area contributed by atoms with E-state index in [9.17, 15) is 9.18 Å². The molecule has 0 spiro atoms. The van der Waals surface area contributed by atoms with Crippen LogP contribution in [0.4, 0.5) is 21.5 Å². The zero-order chi connectivity index (χ0) is 17.8. The molecule has 0 bridgehead atoms. The Kier molecular flexibility index (Phi) is 4.95. The Hall–Kier alpha value is -2.92. The van der Waals surface area contributed by atoms with Gasteiger partial charge in [0.2, 0.25) is 0 Å². The highest BCUT2D eigenvalue weighted by molar-refractivity contribution is 6.30. The Labute approximate surface area is 149 Å². The van der Waals surface area contributed by atoms with Crippen molar-refractivity contribution >= 4 is 34.6 Å². The number of pyridine rings is 1. The molecule has 2 aromatic carbocycles. The van der Waals surface area contributed by atoms with Crippen molar-refractivity contribution in [1.29, 1.82) is 0 Å². The van der Waals surface area contributed by atoms with E-state index in [1.54, 1.807) is 48.7 Å². The molecule has 1 heterocycles. The monoisotopic (exact) mass is 355 g/mol. The fraction of sp³-hybridized carbons (Fsp3) is 0.0526. The third-order valence-electron chi connectivity index (χ3n) is 3.57. The average molecular weight is 356 g/mol. The third kappa shape index (κ3) is 4.33. The van der Waals surface area contributed by atoms with Gasteiger partial charge in [-0.1, -0.05) is 11.6 Å². The number of hydrogen-bond acceptors (Lipinski definition) is 3. The van der Waals surface area contributed by atoms with Crippen LogP contribution in [0.15, 0.2) is 60.8 Å². The van der Waals surface area contributed by atoms with E-state index in [0.717, 1.165) is 11.3 Å². The summed E-state index contributed by atoms with van der Waals surface area (Å²) in [5.74, 6) is -0.605. The van der Waals surface area contributed by atoms with E-state index < -0.39 is 0 Å². The molecule has 4 nitrogen and oxygen atoms in total. The molecule has 126 valence electrons. The minimum atomic E-state index is -0.307. The zero-order valence-corrected chi connectivity index (χ0v) is 14.1. The summed E-state index contributed by atoms with van der Waals surface area (Å²) in [6.07, 6.45) is 1.55. The smallest absolute Gasteiger partial charge is 0.274 e. The Morgan fingerprint density at radius 3 is 2.40 bits per heavy atom. The van der Waals surface area contributed by atoms with Gasteiger partial charge >= 0.3 is 0 Å². The van der Waals surface area contributed by atoms with E-state index in [1.807, 2.05) is 6.92 Å². The van der Waals surface area contributed by atoms with Crippen LogP contribution in [0, 0.1) is 12.7 Å². The molecule has 0 aliphatic rings. The summed E-state index contributed by atoms with van der Waals surface area (Å²) in [4.78, 5) is 16.5. The summed E-state index contributed by atoms with van der Waals surface area (Å²) < 4.78 is 12.9. The number of aromatic nitrogens is 1. The van der Waals surface area contributed by atoms with Gasteiger partial charge in [0.1, 0.15) is 11.5 Å². The molecule has 3 rings (SSSR count). The van der Waals surface area contributed by atoms with Crippen LogP contribution in [-0.4, -0.2) is 10.9 Å². The van der Waals surface area contributed by atoms with Gasteiger partial charge in [-0.2, -0.15) is 0 Å². The predicted molar refractivity (Wildman–Crippen MR) is 98.1 cm³/mol. The number of amides is 1. The quantitative estimate of drug-likeness (QED) is 0.678. The predicted octanol–water partition coefficient (Wildman–Crippen LogP) is 5.18. The first-order valence-electron chi connectivity index (χ1n) is 7.57. The van der Waals surface area contributed by atoms with Crippen molar-refractivity contribution in [3.63, 3.8) is 0 Å². The third-order valence-corrected chi connectivity index (χ3v) is 3.80. The molecule has 0 saturated carbocycles. The van der Waals surface area contributed by atoms with Gasteiger partial charge in [0.25, 0.3) is 5.91 Å². The summed E-state index contributed by atoms with van der Waals surface area (Å²) >= 11 is 5.91. The summed E-state index contributed by atoms with van der Waals surface area (Å²) in [5.41, 5.74) is 3.28. The number of carbonyl (C=O) groups excluding carboxylic acids is 1. The van der Waals surface area contributed by atoms with Crippen LogP contribution in [0.3, 0.4) is 0 Å². The molecule has 0 atom stereocenters. The van der Waals surface area contributed by atoms with Crippen molar-refractivity contribution < 1.29 is 9.18 Å². The number of hydrogen-bond donors (Lipinski definition) is 2. The topological polar surface area (TPSA) is 54.0 Å². The Morgan fingerprint density at radius 2 is 1.76 bits per heavy atom. The molecule has 6 heteroatoms. The van der Waals surface area contributed by atoms with Gasteiger partial charge in [-0.25, -0.2) is 9.37 Å². The molecule has 0 aliphatic heterocycles. The zero-order valence-electron chi connectivity index (χ0n) is 13.4. The van der Waals surface area contributed by atoms with Crippen molar-refractivity contribution in [3.8, 4) is 0 Å². The van der Waals surface area contributed by atoms with Gasteiger partial charge in [0, 0.05) is 16.4 Å². The SMILES string of the molecule is Cc1cc(Cl)ccc1NC(=O)c1ccc(Nc2ccc(F)cc2)cn1. The highest BCUT2D eigenvalue weighted by atomic mass is 35.5. The van der Waals surface area contributed by atoms with Gasteiger partial charge < -0.3 is 10.6 Å². The second-order valence-electron chi connectivity index (χ2n) is 5.48. The van der Waals surface area contributed by atoms with Crippen molar-refractivity contribution in [3.05, 3.63) is 82.9 Å². The number of rotatable bonds is 4. The van der Waals surface area contributed by atoms with E-state index >= 15 is 0 Å². The largest absolute Gasteiger partial charge is 0.354 e. The first-order chi connectivity index (χ1) is 12.0. The number of halogens is 2. The molecule has 1 amide bonds. The van der Waals surface area contributed by atoms with Gasteiger partial charge in [-0.3, -0.25) is 4.79 Å². The number of nitrogens with one attached hydrogen (secondary N) is 2. The van der Waals surface area contributed by atoms with Crippen LogP contribution >= 0.6 is 11.6 Å². The number of nitrogens with zero attached hydrogens (tertiary/aromatic N) is 1. The van der Waals surface area contributed by atoms with Gasteiger partial charge in [0.05, 0.1) is 11.9 Å². The van der Waals surface area contributed by atoms with Crippen LogP contribution in [0.5, 0.6) is 0 Å². The summed E-state index contributed by atoms with van der Waals surface area (Å²) in [6, 6.07) is 14.6. The average Bonchev–Trinajstić information content (AvgIpc) is 2.60. The second-order valence-corrected chi connectivity index (χ2v) is 5.91. The molecule has 3 aromatic rings.